The Morgan fingerprint density at radius 1 is 0.393 bits per heavy atom. The van der Waals surface area contributed by atoms with E-state index in [9.17, 15) is 0 Å². The standard InChI is InChI=1S/4C10H15.2C5H9Si.C4H8O.Li.O.2Ti/c4*1-6-7(2)9(4)10(5)8(6)3;2*1-5-6(2,3)4;1-2-4-5-3-1;;;;/h4*1-5H3;2*2-4H3;1-4H2;;;;/q6*-1;;+1;-2;+3;+4. The molecular weight excluding hydrogens is 839 g/mol. The molecule has 1 fully saturated rings. The minimum absolute atomic E-state index is 0. The Kier molecular flexibility index (Phi) is 38.2. The molecule has 1 aliphatic heterocycles. The molecule has 7 heteroatoms. The molecule has 0 unspecified atom stereocenters. The molecule has 0 N–H and O–H groups in total. The summed E-state index contributed by atoms with van der Waals surface area (Å²) in [7, 11) is -2.43. The minimum atomic E-state index is -1.21. The molecule has 0 atom stereocenters. The number of hydrogen-bond donors (Lipinski definition) is 0. The second kappa shape index (κ2) is 32.5. The van der Waals surface area contributed by atoms with Gasteiger partial charge in [-0.2, -0.15) is 111 Å². The third kappa shape index (κ3) is 23.6. The molecule has 1 heterocycles. The predicted molar refractivity (Wildman–Crippen MR) is 265 cm³/mol. The molecule has 5 rings (SSSR count). The van der Waals surface area contributed by atoms with E-state index in [1.807, 2.05) is 0 Å². The van der Waals surface area contributed by atoms with E-state index in [1.165, 1.54) is 124 Å². The Morgan fingerprint density at radius 3 is 0.541 bits per heavy atom. The molecule has 0 saturated carbocycles. The minimum Gasteiger partial charge on any atom is -2.00 e. The summed E-state index contributed by atoms with van der Waals surface area (Å²) in [6.45, 7) is 58.5. The average molecular weight is 926 g/mol. The second-order valence-corrected chi connectivity index (χ2v) is 28.1. The van der Waals surface area contributed by atoms with Crippen molar-refractivity contribution in [3.05, 3.63) is 124 Å². The van der Waals surface area contributed by atoms with Crippen molar-refractivity contribution in [1.29, 1.82) is 0 Å². The van der Waals surface area contributed by atoms with E-state index >= 15 is 0 Å². The summed E-state index contributed by atoms with van der Waals surface area (Å²) in [6.07, 6.45) is 15.9. The van der Waals surface area contributed by atoms with Gasteiger partial charge in [0.1, 0.15) is 0 Å². The summed E-state index contributed by atoms with van der Waals surface area (Å²) in [5.41, 5.74) is 34.3. The first-order chi connectivity index (χ1) is 25.8. The number of ether oxygens (including phenoxy) is 1. The summed E-state index contributed by atoms with van der Waals surface area (Å²) in [5.74, 6) is 0. The predicted octanol–water partition coefficient (Wildman–Crippen LogP) is 12.4. The molecule has 331 valence electrons. The Hall–Kier alpha value is -1.10. The molecule has 1 radical (unpaired) electrons. The van der Waals surface area contributed by atoms with Crippen LogP contribution in [-0.2, 0) is 53.6 Å². The van der Waals surface area contributed by atoms with Crippen LogP contribution in [0.5, 0.6) is 0 Å². The van der Waals surface area contributed by atoms with Crippen LogP contribution in [-0.4, -0.2) is 29.4 Å². The first-order valence-electron chi connectivity index (χ1n) is 21.1. The van der Waals surface area contributed by atoms with Crippen molar-refractivity contribution in [2.24, 2.45) is 0 Å². The van der Waals surface area contributed by atoms with Gasteiger partial charge in [-0.3, -0.25) is 0 Å². The quantitative estimate of drug-likeness (QED) is 0.0984. The van der Waals surface area contributed by atoms with Gasteiger partial charge in [0, 0.05) is 13.2 Å². The smallest absolute Gasteiger partial charge is 2.00 e. The molecule has 2 nitrogen and oxygen atoms in total. The number of rotatable bonds is 0. The third-order valence-electron chi connectivity index (χ3n) is 12.8. The van der Waals surface area contributed by atoms with Crippen LogP contribution in [0.25, 0.3) is 0 Å². The first-order valence-corrected chi connectivity index (χ1v) is 28.1. The van der Waals surface area contributed by atoms with Gasteiger partial charge in [0.2, 0.25) is 0 Å². The fourth-order valence-corrected chi connectivity index (χ4v) is 6.14. The Balaban J connectivity index is -0.000000145. The van der Waals surface area contributed by atoms with Gasteiger partial charge in [-0.05, 0) is 12.8 Å². The van der Waals surface area contributed by atoms with E-state index in [4.69, 9.17) is 17.6 Å². The molecule has 0 aliphatic carbocycles. The summed E-state index contributed by atoms with van der Waals surface area (Å²) in [5, 5.41) is 0. The molecule has 0 amide bonds. The molecule has 1 aliphatic rings. The van der Waals surface area contributed by atoms with Gasteiger partial charge in [0.15, 0.2) is 0 Å². The Morgan fingerprint density at radius 2 is 0.508 bits per heavy atom. The Labute approximate surface area is 424 Å². The van der Waals surface area contributed by atoms with E-state index in [1.54, 1.807) is 0 Å². The van der Waals surface area contributed by atoms with Crippen molar-refractivity contribution >= 4 is 16.1 Å². The fourth-order valence-electron chi connectivity index (χ4n) is 6.14. The third-order valence-corrected chi connectivity index (χ3v) is 14.3. The van der Waals surface area contributed by atoms with Gasteiger partial charge < -0.3 is 34.1 Å². The first kappa shape index (κ1) is 71.5. The van der Waals surface area contributed by atoms with Gasteiger partial charge in [-0.1, -0.05) is 178 Å². The zero-order valence-corrected chi connectivity index (χ0v) is 49.8. The zero-order chi connectivity index (χ0) is 45.5. The van der Waals surface area contributed by atoms with Gasteiger partial charge in [-0.15, -0.1) is 0 Å². The molecule has 61 heavy (non-hydrogen) atoms. The maximum Gasteiger partial charge on any atom is 4.00 e. The van der Waals surface area contributed by atoms with Gasteiger partial charge in [-0.25, -0.2) is 0 Å². The maximum atomic E-state index is 6.67. The molecular formula is C54H86LiO2Si2Ti2. The normalized spacial score (nSPS) is 10.9. The van der Waals surface area contributed by atoms with Crippen LogP contribution in [0.15, 0.2) is 0 Å². The maximum absolute atomic E-state index is 6.67. The molecule has 0 bridgehead atoms. The van der Waals surface area contributed by atoms with E-state index in [-0.39, 0.29) is 67.8 Å². The van der Waals surface area contributed by atoms with Crippen LogP contribution in [0.1, 0.15) is 124 Å². The van der Waals surface area contributed by atoms with E-state index < -0.39 is 16.1 Å². The molecule has 0 spiro atoms. The van der Waals surface area contributed by atoms with Gasteiger partial charge >= 0.3 is 62.3 Å². The van der Waals surface area contributed by atoms with Crippen molar-refractivity contribution in [2.75, 3.05) is 13.2 Å². The number of hydrogen-bond acceptors (Lipinski definition) is 1. The van der Waals surface area contributed by atoms with Gasteiger partial charge in [0.25, 0.3) is 0 Å². The SMILES string of the molecule is C1CCOC1.Cc1c(C)c(C)[c-](C)c1C.Cc1c(C)c(C)[c-](C)c1C.Cc1c(C)c(C)[c-](C)c1C.Cc1c(C)c(C)[c-](C)c1C.[C-]#C[Si](C)(C)C.[C-]#C[Si](C)(C)C.[Li+].[O-2].[Ti+3].[Ti+4]. The Bertz CT molecular complexity index is 1370. The van der Waals surface area contributed by atoms with Crippen LogP contribution in [0.4, 0.5) is 0 Å². The monoisotopic (exact) mass is 926 g/mol. The molecule has 4 aromatic carbocycles. The van der Waals surface area contributed by atoms with Crippen molar-refractivity contribution < 1.29 is 72.5 Å². The topological polar surface area (TPSA) is 37.7 Å². The van der Waals surface area contributed by atoms with Crippen LogP contribution in [0.2, 0.25) is 39.3 Å². The van der Waals surface area contributed by atoms with Crippen LogP contribution < -0.4 is 18.9 Å². The fraction of sp³-hybridized carbons (Fsp3) is 0.556. The zero-order valence-electron chi connectivity index (χ0n) is 44.6. The van der Waals surface area contributed by atoms with Crippen LogP contribution in [0.3, 0.4) is 0 Å². The largest absolute Gasteiger partial charge is 4.00 e. The van der Waals surface area contributed by atoms with E-state index in [0.29, 0.717) is 0 Å². The molecule has 0 aromatic heterocycles. The van der Waals surface area contributed by atoms with Crippen molar-refractivity contribution in [1.82, 2.24) is 0 Å². The molecule has 1 saturated heterocycles. The van der Waals surface area contributed by atoms with Crippen molar-refractivity contribution in [2.45, 2.75) is 191 Å². The summed E-state index contributed by atoms with van der Waals surface area (Å²) >= 11 is 0. The van der Waals surface area contributed by atoms with E-state index in [2.05, 4.69) is 189 Å². The average Bonchev–Trinajstić information content (AvgIpc) is 3.92. The summed E-state index contributed by atoms with van der Waals surface area (Å²) in [6, 6.07) is 0. The van der Waals surface area contributed by atoms with E-state index in [0.717, 1.165) is 13.2 Å². The molecule has 4 aromatic rings. The van der Waals surface area contributed by atoms with Crippen LogP contribution in [0, 0.1) is 162 Å². The van der Waals surface area contributed by atoms with Gasteiger partial charge in [0.05, 0.1) is 16.1 Å². The second-order valence-electron chi connectivity index (χ2n) is 18.6. The summed E-state index contributed by atoms with van der Waals surface area (Å²) < 4.78 is 4.94. The van der Waals surface area contributed by atoms with Crippen LogP contribution >= 0.6 is 0 Å². The van der Waals surface area contributed by atoms with Crippen molar-refractivity contribution in [3.63, 3.8) is 0 Å². The summed E-state index contributed by atoms with van der Waals surface area (Å²) in [4.78, 5) is 0. The van der Waals surface area contributed by atoms with Crippen molar-refractivity contribution in [3.8, 4) is 11.1 Å².